The van der Waals surface area contributed by atoms with Crippen LogP contribution in [0, 0.1) is 5.92 Å². The van der Waals surface area contributed by atoms with E-state index >= 15 is 0 Å². The smallest absolute Gasteiger partial charge is 0.327 e. The third-order valence-corrected chi connectivity index (χ3v) is 5.16. The molecule has 3 unspecified atom stereocenters. The zero-order valence-electron chi connectivity index (χ0n) is 11.0. The van der Waals surface area contributed by atoms with Crippen molar-refractivity contribution in [2.45, 2.75) is 44.1 Å². The molecule has 2 amide bonds. The van der Waals surface area contributed by atoms with E-state index in [9.17, 15) is 9.59 Å². The number of carbonyl (C=O) groups excluding carboxylic acids is 1. The molecule has 1 saturated heterocycles. The van der Waals surface area contributed by atoms with Crippen LogP contribution in [0.15, 0.2) is 0 Å². The number of aliphatic carboxylic acids is 1. The molecule has 3 atom stereocenters. The molecular weight excluding hydrogens is 252 g/mol. The minimum Gasteiger partial charge on any atom is -0.480 e. The molecule has 2 fully saturated rings. The Bertz CT molecular complexity index is 359. The second kappa shape index (κ2) is 4.99. The van der Waals surface area contributed by atoms with Gasteiger partial charge < -0.3 is 10.0 Å². The first-order valence-corrected chi connectivity index (χ1v) is 7.38. The summed E-state index contributed by atoms with van der Waals surface area (Å²) in [5.41, 5.74) is 0. The molecule has 0 spiro atoms. The minimum atomic E-state index is -0.910. The van der Waals surface area contributed by atoms with E-state index in [0.717, 1.165) is 0 Å². The molecule has 2 aliphatic rings. The van der Waals surface area contributed by atoms with E-state index < -0.39 is 12.0 Å². The van der Waals surface area contributed by atoms with Crippen molar-refractivity contribution >= 4 is 23.8 Å². The van der Waals surface area contributed by atoms with Gasteiger partial charge in [-0.05, 0) is 32.6 Å². The summed E-state index contributed by atoms with van der Waals surface area (Å²) in [7, 11) is 1.78. The molecule has 0 radical (unpaired) electrons. The number of thioether (sulfide) groups is 1. The maximum atomic E-state index is 12.4. The van der Waals surface area contributed by atoms with Gasteiger partial charge in [-0.1, -0.05) is 0 Å². The number of carboxylic acid groups (broad SMARTS) is 1. The van der Waals surface area contributed by atoms with Gasteiger partial charge in [-0.2, -0.15) is 0 Å². The number of amides is 2. The Hall–Kier alpha value is -0.910. The van der Waals surface area contributed by atoms with Crippen molar-refractivity contribution in [1.29, 1.82) is 0 Å². The predicted octanol–water partition coefficient (Wildman–Crippen LogP) is 1.68. The molecule has 6 heteroatoms. The molecule has 1 saturated carbocycles. The average molecular weight is 272 g/mol. The summed E-state index contributed by atoms with van der Waals surface area (Å²) in [5, 5.41) is 9.10. The van der Waals surface area contributed by atoms with Crippen molar-refractivity contribution in [3.05, 3.63) is 0 Å². The van der Waals surface area contributed by atoms with Crippen molar-refractivity contribution < 1.29 is 14.7 Å². The Morgan fingerprint density at radius 1 is 1.44 bits per heavy atom. The number of rotatable bonds is 3. The number of carbonyl (C=O) groups is 2. The third kappa shape index (κ3) is 2.43. The summed E-state index contributed by atoms with van der Waals surface area (Å²) in [6, 6.07) is -0.643. The Morgan fingerprint density at radius 2 is 2.06 bits per heavy atom. The van der Waals surface area contributed by atoms with Crippen LogP contribution in [0.1, 0.15) is 26.7 Å². The Balaban J connectivity index is 2.07. The lowest BCUT2D eigenvalue weighted by Gasteiger charge is -2.33. The monoisotopic (exact) mass is 272 g/mol. The van der Waals surface area contributed by atoms with Crippen LogP contribution in [-0.2, 0) is 4.79 Å². The lowest BCUT2D eigenvalue weighted by molar-refractivity contribution is -0.141. The van der Waals surface area contributed by atoms with Crippen LogP contribution in [0.3, 0.4) is 0 Å². The zero-order chi connectivity index (χ0) is 13.4. The summed E-state index contributed by atoms with van der Waals surface area (Å²) in [6.07, 6.45) is 2.34. The van der Waals surface area contributed by atoms with Gasteiger partial charge in [0.05, 0.1) is 5.37 Å². The van der Waals surface area contributed by atoms with E-state index in [1.54, 1.807) is 11.9 Å². The normalized spacial score (nSPS) is 29.2. The van der Waals surface area contributed by atoms with E-state index in [1.807, 2.05) is 13.8 Å². The van der Waals surface area contributed by atoms with Gasteiger partial charge in [-0.25, -0.2) is 9.59 Å². The van der Waals surface area contributed by atoms with Crippen LogP contribution in [0.25, 0.3) is 0 Å². The Kier molecular flexibility index (Phi) is 3.75. The highest BCUT2D eigenvalue weighted by molar-refractivity contribution is 8.00. The highest BCUT2D eigenvalue weighted by Gasteiger charge is 2.42. The molecule has 1 N–H and O–H groups in total. The highest BCUT2D eigenvalue weighted by atomic mass is 32.2. The fraction of sp³-hybridized carbons (Fsp3) is 0.833. The molecule has 18 heavy (non-hydrogen) atoms. The first-order chi connectivity index (χ1) is 8.43. The maximum absolute atomic E-state index is 12.4. The molecule has 1 aliphatic heterocycles. The van der Waals surface area contributed by atoms with E-state index in [2.05, 4.69) is 0 Å². The lowest BCUT2D eigenvalue weighted by atomic mass is 10.2. The number of urea groups is 1. The van der Waals surface area contributed by atoms with Crippen molar-refractivity contribution in [2.24, 2.45) is 5.92 Å². The van der Waals surface area contributed by atoms with Crippen LogP contribution in [-0.4, -0.2) is 57.2 Å². The van der Waals surface area contributed by atoms with Crippen LogP contribution in [0.2, 0.25) is 0 Å². The van der Waals surface area contributed by atoms with Crippen LogP contribution in [0.4, 0.5) is 4.79 Å². The fourth-order valence-electron chi connectivity index (χ4n) is 2.37. The molecule has 102 valence electrons. The molecule has 2 rings (SSSR count). The van der Waals surface area contributed by atoms with Crippen LogP contribution < -0.4 is 0 Å². The molecule has 1 aliphatic carbocycles. The third-order valence-electron chi connectivity index (χ3n) is 3.95. The van der Waals surface area contributed by atoms with Gasteiger partial charge in [-0.3, -0.25) is 4.90 Å². The van der Waals surface area contributed by atoms with Gasteiger partial charge in [0.1, 0.15) is 6.04 Å². The summed E-state index contributed by atoms with van der Waals surface area (Å²) < 4.78 is 0. The van der Waals surface area contributed by atoms with Crippen LogP contribution in [0.5, 0.6) is 0 Å². The first kappa shape index (κ1) is 13.5. The second-order valence-corrected chi connectivity index (χ2v) is 6.51. The van der Waals surface area contributed by atoms with Gasteiger partial charge >= 0.3 is 12.0 Å². The first-order valence-electron chi connectivity index (χ1n) is 6.33. The molecule has 0 aromatic heterocycles. The molecule has 0 aromatic carbocycles. The second-order valence-electron chi connectivity index (χ2n) is 5.17. The quantitative estimate of drug-likeness (QED) is 0.849. The standard InChI is InChI=1S/C12H20N2O3S/c1-7(9-4-5-9)13(3)12(17)14-8(2)18-6-10(14)11(15)16/h7-10H,4-6H2,1-3H3,(H,15,16). The molecule has 0 aromatic rings. The van der Waals surface area contributed by atoms with E-state index in [1.165, 1.54) is 29.5 Å². The van der Waals surface area contributed by atoms with Crippen molar-refractivity contribution in [3.8, 4) is 0 Å². The summed E-state index contributed by atoms with van der Waals surface area (Å²) in [4.78, 5) is 26.8. The van der Waals surface area contributed by atoms with Gasteiger partial charge in [0.2, 0.25) is 0 Å². The molecule has 0 bridgehead atoms. The summed E-state index contributed by atoms with van der Waals surface area (Å²) >= 11 is 1.52. The van der Waals surface area contributed by atoms with E-state index in [-0.39, 0.29) is 17.4 Å². The van der Waals surface area contributed by atoms with Gasteiger partial charge in [0, 0.05) is 18.8 Å². The highest BCUT2D eigenvalue weighted by Crippen LogP contribution is 2.36. The topological polar surface area (TPSA) is 60.9 Å². The number of carboxylic acids is 1. The van der Waals surface area contributed by atoms with Crippen molar-refractivity contribution in [2.75, 3.05) is 12.8 Å². The van der Waals surface area contributed by atoms with Gasteiger partial charge in [0.15, 0.2) is 0 Å². The fourth-order valence-corrected chi connectivity index (χ4v) is 3.54. The molecule has 1 heterocycles. The van der Waals surface area contributed by atoms with Crippen LogP contribution >= 0.6 is 11.8 Å². The van der Waals surface area contributed by atoms with Crippen molar-refractivity contribution in [3.63, 3.8) is 0 Å². The number of hydrogen-bond acceptors (Lipinski definition) is 3. The number of hydrogen-bond donors (Lipinski definition) is 1. The Labute approximate surface area is 112 Å². The predicted molar refractivity (Wildman–Crippen MR) is 70.5 cm³/mol. The van der Waals surface area contributed by atoms with Gasteiger partial charge in [0.25, 0.3) is 0 Å². The average Bonchev–Trinajstić information content (AvgIpc) is 3.09. The molecular formula is C12H20N2O3S. The van der Waals surface area contributed by atoms with Crippen molar-refractivity contribution in [1.82, 2.24) is 9.80 Å². The zero-order valence-corrected chi connectivity index (χ0v) is 11.8. The molecule has 5 nitrogen and oxygen atoms in total. The number of nitrogens with zero attached hydrogens (tertiary/aromatic N) is 2. The lowest BCUT2D eigenvalue weighted by Crippen LogP contribution is -2.52. The van der Waals surface area contributed by atoms with E-state index in [4.69, 9.17) is 5.11 Å². The maximum Gasteiger partial charge on any atom is 0.327 e. The van der Waals surface area contributed by atoms with Gasteiger partial charge in [-0.15, -0.1) is 11.8 Å². The minimum absolute atomic E-state index is 0.0625. The van der Waals surface area contributed by atoms with E-state index in [0.29, 0.717) is 11.7 Å². The summed E-state index contributed by atoms with van der Waals surface area (Å²) in [5.74, 6) is 0.161. The summed E-state index contributed by atoms with van der Waals surface area (Å²) in [6.45, 7) is 3.93. The Morgan fingerprint density at radius 3 is 2.56 bits per heavy atom. The SMILES string of the molecule is CC(C1CC1)N(C)C(=O)N1C(C)SCC1C(=O)O. The largest absolute Gasteiger partial charge is 0.480 e.